The molecule has 0 radical (unpaired) electrons. The first-order valence-electron chi connectivity index (χ1n) is 5.38. The Labute approximate surface area is 86.5 Å². The van der Waals surface area contributed by atoms with Gasteiger partial charge in [-0.3, -0.25) is 4.98 Å². The first-order chi connectivity index (χ1) is 6.74. The molecule has 2 unspecified atom stereocenters. The average Bonchev–Trinajstić information content (AvgIpc) is 2.19. The quantitative estimate of drug-likeness (QED) is 0.778. The van der Waals surface area contributed by atoms with Gasteiger partial charge in [-0.2, -0.15) is 0 Å². The Bertz CT molecular complexity index is 246. The van der Waals surface area contributed by atoms with E-state index < -0.39 is 0 Å². The van der Waals surface area contributed by atoms with Crippen molar-refractivity contribution >= 4 is 0 Å². The summed E-state index contributed by atoms with van der Waals surface area (Å²) >= 11 is 0. The average molecular weight is 192 g/mol. The molecule has 1 heterocycles. The lowest BCUT2D eigenvalue weighted by atomic mass is 9.93. The molecule has 2 N–H and O–H groups in total. The van der Waals surface area contributed by atoms with E-state index in [-0.39, 0.29) is 6.04 Å². The lowest BCUT2D eigenvalue weighted by molar-refractivity contribution is 0.419. The summed E-state index contributed by atoms with van der Waals surface area (Å²) in [7, 11) is 0. The topological polar surface area (TPSA) is 38.9 Å². The first kappa shape index (κ1) is 11.2. The van der Waals surface area contributed by atoms with Crippen molar-refractivity contribution in [1.82, 2.24) is 4.98 Å². The second-order valence-electron chi connectivity index (χ2n) is 4.00. The number of nitrogens with two attached hydrogens (primary N) is 1. The first-order valence-corrected chi connectivity index (χ1v) is 5.38. The molecule has 0 spiro atoms. The molecule has 2 heteroatoms. The molecule has 0 amide bonds. The normalized spacial score (nSPS) is 15.1. The third-order valence-corrected chi connectivity index (χ3v) is 2.67. The largest absolute Gasteiger partial charge is 0.327 e. The van der Waals surface area contributed by atoms with Gasteiger partial charge in [-0.1, -0.05) is 26.3 Å². The fourth-order valence-electron chi connectivity index (χ4n) is 1.66. The van der Waals surface area contributed by atoms with Crippen molar-refractivity contribution in [2.24, 2.45) is 11.7 Å². The third-order valence-electron chi connectivity index (χ3n) is 2.67. The van der Waals surface area contributed by atoms with Gasteiger partial charge in [0.1, 0.15) is 0 Å². The molecule has 14 heavy (non-hydrogen) atoms. The van der Waals surface area contributed by atoms with Crippen molar-refractivity contribution in [3.05, 3.63) is 30.1 Å². The molecule has 1 aromatic heterocycles. The van der Waals surface area contributed by atoms with E-state index in [9.17, 15) is 0 Å². The zero-order valence-electron chi connectivity index (χ0n) is 9.11. The lowest BCUT2D eigenvalue weighted by Gasteiger charge is -2.18. The van der Waals surface area contributed by atoms with Gasteiger partial charge in [0.25, 0.3) is 0 Å². The second kappa shape index (κ2) is 5.76. The molecule has 0 saturated heterocycles. The zero-order chi connectivity index (χ0) is 10.4. The maximum absolute atomic E-state index is 6.11. The number of rotatable bonds is 5. The minimum absolute atomic E-state index is 0.263. The van der Waals surface area contributed by atoms with E-state index >= 15 is 0 Å². The van der Waals surface area contributed by atoms with Gasteiger partial charge in [0.05, 0.1) is 0 Å². The van der Waals surface area contributed by atoms with Crippen molar-refractivity contribution in [2.75, 3.05) is 0 Å². The Morgan fingerprint density at radius 3 is 2.86 bits per heavy atom. The molecule has 1 aromatic rings. The van der Waals surface area contributed by atoms with Gasteiger partial charge in [0.2, 0.25) is 0 Å². The van der Waals surface area contributed by atoms with E-state index in [1.54, 1.807) is 6.20 Å². The minimum atomic E-state index is 0.263. The Morgan fingerprint density at radius 2 is 2.29 bits per heavy atom. The zero-order valence-corrected chi connectivity index (χ0v) is 9.11. The Hall–Kier alpha value is -0.890. The monoisotopic (exact) mass is 192 g/mol. The van der Waals surface area contributed by atoms with Crippen LogP contribution < -0.4 is 5.73 Å². The maximum atomic E-state index is 6.11. The fourth-order valence-corrected chi connectivity index (χ4v) is 1.66. The smallest absolute Gasteiger partial charge is 0.0300 e. The highest BCUT2D eigenvalue weighted by Gasteiger charge is 2.11. The molecule has 2 atom stereocenters. The van der Waals surface area contributed by atoms with Crippen LogP contribution in [0.3, 0.4) is 0 Å². The van der Waals surface area contributed by atoms with Crippen molar-refractivity contribution in [3.8, 4) is 0 Å². The summed E-state index contributed by atoms with van der Waals surface area (Å²) in [6, 6.07) is 4.32. The van der Waals surface area contributed by atoms with Crippen molar-refractivity contribution < 1.29 is 0 Å². The van der Waals surface area contributed by atoms with Crippen LogP contribution in [-0.2, 0) is 6.42 Å². The minimum Gasteiger partial charge on any atom is -0.327 e. The van der Waals surface area contributed by atoms with E-state index in [0.717, 1.165) is 6.42 Å². The molecule has 78 valence electrons. The summed E-state index contributed by atoms with van der Waals surface area (Å²) in [6.07, 6.45) is 7.06. The van der Waals surface area contributed by atoms with Crippen molar-refractivity contribution in [2.45, 2.75) is 39.2 Å². The highest BCUT2D eigenvalue weighted by atomic mass is 14.7. The second-order valence-corrected chi connectivity index (χ2v) is 4.00. The van der Waals surface area contributed by atoms with Crippen LogP contribution in [0.2, 0.25) is 0 Å². The standard InChI is InChI=1S/C12H20N2/c1-3-5-10(2)12(13)8-11-6-4-7-14-9-11/h4,6-7,9-10,12H,3,5,8,13H2,1-2H3. The summed E-state index contributed by atoms with van der Waals surface area (Å²) in [4.78, 5) is 4.09. The number of aromatic nitrogens is 1. The van der Waals surface area contributed by atoms with Gasteiger partial charge >= 0.3 is 0 Å². The summed E-state index contributed by atoms with van der Waals surface area (Å²) in [5, 5.41) is 0. The van der Waals surface area contributed by atoms with Crippen molar-refractivity contribution in [1.29, 1.82) is 0 Å². The Balaban J connectivity index is 2.44. The van der Waals surface area contributed by atoms with Crippen molar-refractivity contribution in [3.63, 3.8) is 0 Å². The number of hydrogen-bond donors (Lipinski definition) is 1. The summed E-state index contributed by atoms with van der Waals surface area (Å²) < 4.78 is 0. The van der Waals surface area contributed by atoms with Crippen LogP contribution in [0.4, 0.5) is 0 Å². The fraction of sp³-hybridized carbons (Fsp3) is 0.583. The van der Waals surface area contributed by atoms with Crippen LogP contribution in [-0.4, -0.2) is 11.0 Å². The van der Waals surface area contributed by atoms with Crippen LogP contribution in [0.15, 0.2) is 24.5 Å². The Kier molecular flexibility index (Phi) is 4.60. The molecule has 0 aromatic carbocycles. The lowest BCUT2D eigenvalue weighted by Crippen LogP contribution is -2.30. The van der Waals surface area contributed by atoms with Crippen LogP contribution in [0.5, 0.6) is 0 Å². The van der Waals surface area contributed by atoms with Crippen LogP contribution in [0, 0.1) is 5.92 Å². The van der Waals surface area contributed by atoms with Gasteiger partial charge in [-0.25, -0.2) is 0 Å². The van der Waals surface area contributed by atoms with Crippen LogP contribution in [0.25, 0.3) is 0 Å². The molecule has 0 aliphatic carbocycles. The third kappa shape index (κ3) is 3.46. The molecule has 0 aliphatic rings. The van der Waals surface area contributed by atoms with Gasteiger partial charge in [0.15, 0.2) is 0 Å². The predicted octanol–water partition coefficient (Wildman–Crippen LogP) is 2.39. The van der Waals surface area contributed by atoms with Crippen LogP contribution >= 0.6 is 0 Å². The van der Waals surface area contributed by atoms with Crippen LogP contribution in [0.1, 0.15) is 32.3 Å². The maximum Gasteiger partial charge on any atom is 0.0300 e. The van der Waals surface area contributed by atoms with Gasteiger partial charge in [-0.15, -0.1) is 0 Å². The van der Waals surface area contributed by atoms with Gasteiger partial charge in [-0.05, 0) is 30.4 Å². The van der Waals surface area contributed by atoms with E-state index in [0.29, 0.717) is 5.92 Å². The summed E-state index contributed by atoms with van der Waals surface area (Å²) in [5.41, 5.74) is 7.35. The Morgan fingerprint density at radius 1 is 1.50 bits per heavy atom. The molecule has 1 rings (SSSR count). The predicted molar refractivity (Wildman–Crippen MR) is 60.0 cm³/mol. The molecule has 0 aliphatic heterocycles. The number of hydrogen-bond acceptors (Lipinski definition) is 2. The van der Waals surface area contributed by atoms with Gasteiger partial charge in [0, 0.05) is 18.4 Å². The summed E-state index contributed by atoms with van der Waals surface area (Å²) in [5.74, 6) is 0.597. The van der Waals surface area contributed by atoms with E-state index in [1.165, 1.54) is 18.4 Å². The summed E-state index contributed by atoms with van der Waals surface area (Å²) in [6.45, 7) is 4.43. The molecular formula is C12H20N2. The molecule has 0 fully saturated rings. The SMILES string of the molecule is CCCC(C)C(N)Cc1cccnc1. The van der Waals surface area contributed by atoms with E-state index in [4.69, 9.17) is 5.73 Å². The highest BCUT2D eigenvalue weighted by molar-refractivity contribution is 5.10. The van der Waals surface area contributed by atoms with Gasteiger partial charge < -0.3 is 5.73 Å². The number of pyridine rings is 1. The molecule has 2 nitrogen and oxygen atoms in total. The number of nitrogens with zero attached hydrogens (tertiary/aromatic N) is 1. The van der Waals surface area contributed by atoms with E-state index in [1.807, 2.05) is 12.3 Å². The molecule has 0 saturated carbocycles. The van der Waals surface area contributed by atoms with E-state index in [2.05, 4.69) is 24.9 Å². The molecular weight excluding hydrogens is 172 g/mol. The highest BCUT2D eigenvalue weighted by Crippen LogP contribution is 2.12. The molecule has 0 bridgehead atoms.